The van der Waals surface area contributed by atoms with Gasteiger partial charge in [0.25, 0.3) is 0 Å². The van der Waals surface area contributed by atoms with Crippen LogP contribution in [-0.4, -0.2) is 20.8 Å². The summed E-state index contributed by atoms with van der Waals surface area (Å²) < 4.78 is 11.0. The lowest BCUT2D eigenvalue weighted by Crippen LogP contribution is -2.26. The van der Waals surface area contributed by atoms with Crippen LogP contribution in [0.4, 0.5) is 0 Å². The second kappa shape index (κ2) is 6.49. The zero-order valence-electron chi connectivity index (χ0n) is 11.9. The van der Waals surface area contributed by atoms with E-state index in [1.54, 1.807) is 14.2 Å². The molecule has 3 nitrogen and oxygen atoms in total. The minimum atomic E-state index is 0.311. The van der Waals surface area contributed by atoms with Gasteiger partial charge in [-0.1, -0.05) is 18.5 Å². The van der Waals surface area contributed by atoms with Crippen LogP contribution in [0.3, 0.4) is 0 Å². The highest BCUT2D eigenvalue weighted by Gasteiger charge is 2.28. The number of rotatable bonds is 5. The second-order valence-electron chi connectivity index (χ2n) is 4.89. The van der Waals surface area contributed by atoms with Gasteiger partial charge in [0, 0.05) is 22.7 Å². The average molecular weight is 284 g/mol. The zero-order chi connectivity index (χ0) is 13.8. The van der Waals surface area contributed by atoms with E-state index < -0.39 is 0 Å². The van der Waals surface area contributed by atoms with E-state index in [4.69, 9.17) is 21.1 Å². The Hall–Kier alpha value is -0.930. The largest absolute Gasteiger partial charge is 0.493 e. The Morgan fingerprint density at radius 2 is 2.16 bits per heavy atom. The molecule has 1 atom stereocenters. The molecule has 2 rings (SSSR count). The topological polar surface area (TPSA) is 30.5 Å². The van der Waals surface area contributed by atoms with Crippen LogP contribution in [0.25, 0.3) is 0 Å². The standard InChI is InChI=1S/C15H22ClNO2/c1-4-8-17-12-7-5-6-10-11(16)9-13(18-2)15(19-3)14(10)12/h9,12,17H,4-8H2,1-3H3. The van der Waals surface area contributed by atoms with E-state index in [0.717, 1.165) is 48.7 Å². The van der Waals surface area contributed by atoms with Crippen LogP contribution in [0.15, 0.2) is 6.07 Å². The lowest BCUT2D eigenvalue weighted by Gasteiger charge is -2.29. The van der Waals surface area contributed by atoms with E-state index in [1.807, 2.05) is 6.07 Å². The molecule has 1 aromatic rings. The molecule has 1 unspecified atom stereocenters. The minimum absolute atomic E-state index is 0.311. The second-order valence-corrected chi connectivity index (χ2v) is 5.29. The van der Waals surface area contributed by atoms with E-state index in [2.05, 4.69) is 12.2 Å². The predicted molar refractivity (Wildman–Crippen MR) is 78.5 cm³/mol. The van der Waals surface area contributed by atoms with Crippen LogP contribution in [-0.2, 0) is 6.42 Å². The van der Waals surface area contributed by atoms with Crippen molar-refractivity contribution in [3.8, 4) is 11.5 Å². The number of halogens is 1. The van der Waals surface area contributed by atoms with Gasteiger partial charge in [-0.15, -0.1) is 0 Å². The first-order valence-corrected chi connectivity index (χ1v) is 7.27. The molecule has 0 aliphatic heterocycles. The maximum Gasteiger partial charge on any atom is 0.165 e. The number of hydrogen-bond acceptors (Lipinski definition) is 3. The van der Waals surface area contributed by atoms with Crippen LogP contribution < -0.4 is 14.8 Å². The molecular formula is C15H22ClNO2. The molecule has 0 bridgehead atoms. The molecule has 0 amide bonds. The summed E-state index contributed by atoms with van der Waals surface area (Å²) in [5, 5.41) is 4.37. The molecule has 0 fully saturated rings. The van der Waals surface area contributed by atoms with Crippen molar-refractivity contribution < 1.29 is 9.47 Å². The van der Waals surface area contributed by atoms with Crippen LogP contribution in [0.5, 0.6) is 11.5 Å². The van der Waals surface area contributed by atoms with Crippen LogP contribution in [0, 0.1) is 0 Å². The van der Waals surface area contributed by atoms with Crippen molar-refractivity contribution in [1.29, 1.82) is 0 Å². The summed E-state index contributed by atoms with van der Waals surface area (Å²) in [5.74, 6) is 1.55. The predicted octanol–water partition coefficient (Wildman–Crippen LogP) is 3.73. The van der Waals surface area contributed by atoms with Crippen molar-refractivity contribution in [2.75, 3.05) is 20.8 Å². The van der Waals surface area contributed by atoms with E-state index in [0.29, 0.717) is 6.04 Å². The maximum absolute atomic E-state index is 6.39. The molecule has 0 spiro atoms. The van der Waals surface area contributed by atoms with Crippen LogP contribution in [0.2, 0.25) is 5.02 Å². The lowest BCUT2D eigenvalue weighted by molar-refractivity contribution is 0.340. The van der Waals surface area contributed by atoms with Crippen LogP contribution >= 0.6 is 11.6 Å². The normalized spacial score (nSPS) is 18.0. The van der Waals surface area contributed by atoms with Gasteiger partial charge in [-0.2, -0.15) is 0 Å². The van der Waals surface area contributed by atoms with Gasteiger partial charge in [0.2, 0.25) is 0 Å². The molecule has 0 saturated carbocycles. The van der Waals surface area contributed by atoms with Gasteiger partial charge < -0.3 is 14.8 Å². The van der Waals surface area contributed by atoms with Crippen molar-refractivity contribution in [1.82, 2.24) is 5.32 Å². The Bertz CT molecular complexity index is 448. The Kier molecular flexibility index (Phi) is 4.94. The molecule has 0 saturated heterocycles. The van der Waals surface area contributed by atoms with E-state index in [-0.39, 0.29) is 0 Å². The van der Waals surface area contributed by atoms with Crippen molar-refractivity contribution in [3.05, 3.63) is 22.2 Å². The molecule has 0 radical (unpaired) electrons. The lowest BCUT2D eigenvalue weighted by atomic mass is 9.86. The third-order valence-electron chi connectivity index (χ3n) is 3.67. The summed E-state index contributed by atoms with van der Waals surface area (Å²) in [4.78, 5) is 0. The third-order valence-corrected chi connectivity index (χ3v) is 4.01. The van der Waals surface area contributed by atoms with Crippen LogP contribution in [0.1, 0.15) is 43.4 Å². The summed E-state index contributed by atoms with van der Waals surface area (Å²) in [7, 11) is 3.34. The highest BCUT2D eigenvalue weighted by molar-refractivity contribution is 6.31. The van der Waals surface area contributed by atoms with Crippen molar-refractivity contribution in [2.45, 2.75) is 38.6 Å². The fourth-order valence-corrected chi connectivity index (χ4v) is 3.10. The molecule has 1 N–H and O–H groups in total. The number of methoxy groups -OCH3 is 2. The fourth-order valence-electron chi connectivity index (χ4n) is 2.80. The van der Waals surface area contributed by atoms with Gasteiger partial charge in [-0.3, -0.25) is 0 Å². The Labute approximate surface area is 120 Å². The Morgan fingerprint density at radius 1 is 1.37 bits per heavy atom. The summed E-state index contributed by atoms with van der Waals surface area (Å²) in [6.45, 7) is 3.18. The highest BCUT2D eigenvalue weighted by Crippen LogP contribution is 2.45. The van der Waals surface area contributed by atoms with Gasteiger partial charge in [0.1, 0.15) is 0 Å². The first-order valence-electron chi connectivity index (χ1n) is 6.89. The Morgan fingerprint density at radius 3 is 2.79 bits per heavy atom. The molecule has 19 heavy (non-hydrogen) atoms. The van der Waals surface area contributed by atoms with Gasteiger partial charge in [0.05, 0.1) is 14.2 Å². The quantitative estimate of drug-likeness (QED) is 0.893. The number of benzene rings is 1. The molecule has 0 heterocycles. The molecule has 106 valence electrons. The minimum Gasteiger partial charge on any atom is -0.493 e. The van der Waals surface area contributed by atoms with E-state index >= 15 is 0 Å². The molecule has 1 aliphatic carbocycles. The number of fused-ring (bicyclic) bond motifs is 1. The van der Waals surface area contributed by atoms with Gasteiger partial charge >= 0.3 is 0 Å². The summed E-state index contributed by atoms with van der Waals surface area (Å²) in [5.41, 5.74) is 2.39. The third kappa shape index (κ3) is 2.82. The smallest absolute Gasteiger partial charge is 0.165 e. The molecule has 1 aliphatic rings. The maximum atomic E-state index is 6.39. The summed E-state index contributed by atoms with van der Waals surface area (Å²) >= 11 is 6.39. The highest BCUT2D eigenvalue weighted by atomic mass is 35.5. The molecule has 0 aromatic heterocycles. The monoisotopic (exact) mass is 283 g/mol. The first-order chi connectivity index (χ1) is 9.22. The zero-order valence-corrected chi connectivity index (χ0v) is 12.6. The van der Waals surface area contributed by atoms with Gasteiger partial charge in [-0.25, -0.2) is 0 Å². The molecule has 4 heteroatoms. The van der Waals surface area contributed by atoms with Crippen molar-refractivity contribution in [2.24, 2.45) is 0 Å². The van der Waals surface area contributed by atoms with Crippen molar-refractivity contribution >= 4 is 11.6 Å². The van der Waals surface area contributed by atoms with Crippen molar-refractivity contribution in [3.63, 3.8) is 0 Å². The average Bonchev–Trinajstić information content (AvgIpc) is 2.44. The number of hydrogen-bond donors (Lipinski definition) is 1. The molecular weight excluding hydrogens is 262 g/mol. The fraction of sp³-hybridized carbons (Fsp3) is 0.600. The Balaban J connectivity index is 2.48. The van der Waals surface area contributed by atoms with Gasteiger partial charge in [0.15, 0.2) is 11.5 Å². The van der Waals surface area contributed by atoms with E-state index in [1.165, 1.54) is 11.1 Å². The molecule has 1 aromatic carbocycles. The van der Waals surface area contributed by atoms with Gasteiger partial charge in [-0.05, 0) is 37.8 Å². The van der Waals surface area contributed by atoms with E-state index in [9.17, 15) is 0 Å². The summed E-state index contributed by atoms with van der Waals surface area (Å²) in [6, 6.07) is 2.17. The first kappa shape index (κ1) is 14.5. The number of nitrogens with one attached hydrogen (secondary N) is 1. The number of ether oxygens (including phenoxy) is 2. The SMILES string of the molecule is CCCNC1CCCc2c(Cl)cc(OC)c(OC)c21. The summed E-state index contributed by atoms with van der Waals surface area (Å²) in [6.07, 6.45) is 4.40.